The van der Waals surface area contributed by atoms with E-state index in [0.29, 0.717) is 5.92 Å². The molecule has 1 rings (SSSR count). The van der Waals surface area contributed by atoms with Gasteiger partial charge in [-0.15, -0.1) is 0 Å². The van der Waals surface area contributed by atoms with Crippen molar-refractivity contribution in [2.24, 2.45) is 5.92 Å². The van der Waals surface area contributed by atoms with Gasteiger partial charge in [-0.25, -0.2) is 5.10 Å². The molecule has 1 aromatic heterocycles. The van der Waals surface area contributed by atoms with E-state index >= 15 is 0 Å². The van der Waals surface area contributed by atoms with E-state index in [1.54, 1.807) is 6.07 Å². The molecule has 0 saturated carbocycles. The molecular weight excluding hydrogens is 154 g/mol. The summed E-state index contributed by atoms with van der Waals surface area (Å²) >= 11 is 0. The van der Waals surface area contributed by atoms with Crippen LogP contribution in [-0.2, 0) is 6.42 Å². The van der Waals surface area contributed by atoms with Gasteiger partial charge in [-0.05, 0) is 18.4 Å². The number of hydrogen-bond donors (Lipinski definition) is 2. The van der Waals surface area contributed by atoms with Gasteiger partial charge >= 0.3 is 0 Å². The van der Waals surface area contributed by atoms with Crippen LogP contribution < -0.4 is 11.3 Å². The van der Waals surface area contributed by atoms with E-state index in [1.807, 2.05) is 0 Å². The number of nitrogens with two attached hydrogens (primary N) is 1. The molecule has 0 aliphatic rings. The van der Waals surface area contributed by atoms with Gasteiger partial charge < -0.3 is 5.73 Å². The lowest BCUT2D eigenvalue weighted by Gasteiger charge is -2.02. The highest BCUT2D eigenvalue weighted by molar-refractivity contribution is 5.34. The van der Waals surface area contributed by atoms with Crippen LogP contribution in [0.15, 0.2) is 10.9 Å². The quantitative estimate of drug-likeness (QED) is 0.675. The summed E-state index contributed by atoms with van der Waals surface area (Å²) in [6, 6.07) is 1.62. The Morgan fingerprint density at radius 1 is 1.67 bits per heavy atom. The molecule has 66 valence electrons. The summed E-state index contributed by atoms with van der Waals surface area (Å²) in [7, 11) is 0. The number of aromatic nitrogens is 2. The van der Waals surface area contributed by atoms with Crippen LogP contribution in [0.4, 0.5) is 5.69 Å². The molecule has 12 heavy (non-hydrogen) atoms. The van der Waals surface area contributed by atoms with Crippen molar-refractivity contribution >= 4 is 5.69 Å². The molecule has 1 heterocycles. The maximum absolute atomic E-state index is 10.8. The highest BCUT2D eigenvalue weighted by Crippen LogP contribution is 2.04. The highest BCUT2D eigenvalue weighted by atomic mass is 16.1. The summed E-state index contributed by atoms with van der Waals surface area (Å²) in [5.41, 5.74) is 6.17. The predicted molar refractivity (Wildman–Crippen MR) is 47.8 cm³/mol. The number of hydrogen-bond acceptors (Lipinski definition) is 3. The van der Waals surface area contributed by atoms with Gasteiger partial charge in [0, 0.05) is 0 Å². The van der Waals surface area contributed by atoms with Gasteiger partial charge in [-0.3, -0.25) is 4.79 Å². The van der Waals surface area contributed by atoms with Crippen LogP contribution in [0.3, 0.4) is 0 Å². The van der Waals surface area contributed by atoms with Gasteiger partial charge in [0.15, 0.2) is 0 Å². The second-order valence-corrected chi connectivity index (χ2v) is 3.24. The number of rotatable bonds is 2. The van der Waals surface area contributed by atoms with Crippen molar-refractivity contribution in [3.63, 3.8) is 0 Å². The number of anilines is 1. The van der Waals surface area contributed by atoms with Gasteiger partial charge in [0.25, 0.3) is 5.56 Å². The molecule has 0 spiro atoms. The predicted octanol–water partition coefficient (Wildman–Crippen LogP) is 0.551. The zero-order valence-corrected chi connectivity index (χ0v) is 7.29. The van der Waals surface area contributed by atoms with Crippen molar-refractivity contribution in [3.8, 4) is 0 Å². The zero-order valence-electron chi connectivity index (χ0n) is 7.29. The van der Waals surface area contributed by atoms with Crippen LogP contribution in [-0.4, -0.2) is 10.2 Å². The second kappa shape index (κ2) is 3.38. The molecule has 4 heteroatoms. The molecule has 4 nitrogen and oxygen atoms in total. The third-order valence-corrected chi connectivity index (χ3v) is 1.50. The van der Waals surface area contributed by atoms with E-state index in [-0.39, 0.29) is 11.2 Å². The Balaban J connectivity index is 2.90. The van der Waals surface area contributed by atoms with Crippen molar-refractivity contribution in [1.29, 1.82) is 0 Å². The standard InChI is InChI=1S/C8H13N3O/c1-5(2)3-6-4-7(9)8(12)11-10-6/h4-5H,3H2,1-2H3,(H2,9,10)(H,11,12). The Hall–Kier alpha value is -1.32. The Bertz CT molecular complexity index is 316. The summed E-state index contributed by atoms with van der Waals surface area (Å²) in [5, 5.41) is 6.20. The third kappa shape index (κ3) is 2.08. The topological polar surface area (TPSA) is 71.8 Å². The Kier molecular flexibility index (Phi) is 2.47. The maximum atomic E-state index is 10.8. The van der Waals surface area contributed by atoms with Gasteiger partial charge in [0.05, 0.1) is 5.69 Å². The van der Waals surface area contributed by atoms with Gasteiger partial charge in [-0.2, -0.15) is 5.10 Å². The third-order valence-electron chi connectivity index (χ3n) is 1.50. The van der Waals surface area contributed by atoms with Crippen LogP contribution in [0, 0.1) is 5.92 Å². The summed E-state index contributed by atoms with van der Waals surface area (Å²) in [6.07, 6.45) is 0.834. The molecule has 0 bridgehead atoms. The molecule has 0 unspecified atom stereocenters. The minimum atomic E-state index is -0.317. The number of aromatic amines is 1. The lowest BCUT2D eigenvalue weighted by molar-refractivity contribution is 0.627. The van der Waals surface area contributed by atoms with Crippen molar-refractivity contribution < 1.29 is 0 Å². The largest absolute Gasteiger partial charge is 0.394 e. The Labute approximate surface area is 70.8 Å². The first-order valence-electron chi connectivity index (χ1n) is 3.93. The van der Waals surface area contributed by atoms with Gasteiger partial charge in [0.2, 0.25) is 0 Å². The van der Waals surface area contributed by atoms with E-state index < -0.39 is 0 Å². The van der Waals surface area contributed by atoms with E-state index in [9.17, 15) is 4.79 Å². The zero-order chi connectivity index (χ0) is 9.14. The fourth-order valence-corrected chi connectivity index (χ4v) is 0.987. The van der Waals surface area contributed by atoms with Gasteiger partial charge in [0.1, 0.15) is 5.69 Å². The first-order valence-corrected chi connectivity index (χ1v) is 3.93. The molecule has 0 amide bonds. The molecule has 1 aromatic rings. The molecule has 0 atom stereocenters. The molecule has 0 aromatic carbocycles. The molecule has 0 fully saturated rings. The van der Waals surface area contributed by atoms with Crippen LogP contribution in [0.5, 0.6) is 0 Å². The Morgan fingerprint density at radius 2 is 2.33 bits per heavy atom. The maximum Gasteiger partial charge on any atom is 0.287 e. The monoisotopic (exact) mass is 167 g/mol. The highest BCUT2D eigenvalue weighted by Gasteiger charge is 2.01. The number of nitrogens with one attached hydrogen (secondary N) is 1. The van der Waals surface area contributed by atoms with E-state index in [0.717, 1.165) is 12.1 Å². The number of H-pyrrole nitrogens is 1. The van der Waals surface area contributed by atoms with Gasteiger partial charge in [-0.1, -0.05) is 13.8 Å². The van der Waals surface area contributed by atoms with Crippen molar-refractivity contribution in [2.75, 3.05) is 5.73 Å². The first-order chi connectivity index (χ1) is 5.59. The van der Waals surface area contributed by atoms with Crippen molar-refractivity contribution in [2.45, 2.75) is 20.3 Å². The van der Waals surface area contributed by atoms with Crippen LogP contribution in [0.1, 0.15) is 19.5 Å². The molecule has 0 radical (unpaired) electrons. The first kappa shape index (κ1) is 8.77. The molecule has 0 aliphatic heterocycles. The lowest BCUT2D eigenvalue weighted by atomic mass is 10.1. The fourth-order valence-electron chi connectivity index (χ4n) is 0.987. The van der Waals surface area contributed by atoms with E-state index in [1.165, 1.54) is 0 Å². The average Bonchev–Trinajstić information content (AvgIpc) is 1.96. The summed E-state index contributed by atoms with van der Waals surface area (Å²) < 4.78 is 0. The SMILES string of the molecule is CC(C)Cc1cc(N)c(=O)[nH]n1. The second-order valence-electron chi connectivity index (χ2n) is 3.24. The van der Waals surface area contributed by atoms with Crippen molar-refractivity contribution in [3.05, 3.63) is 22.1 Å². The lowest BCUT2D eigenvalue weighted by Crippen LogP contribution is -2.15. The number of nitrogens with zero attached hydrogens (tertiary/aromatic N) is 1. The van der Waals surface area contributed by atoms with Crippen LogP contribution >= 0.6 is 0 Å². The summed E-state index contributed by atoms with van der Waals surface area (Å²) in [6.45, 7) is 4.17. The fraction of sp³-hybridized carbons (Fsp3) is 0.500. The average molecular weight is 167 g/mol. The summed E-state index contributed by atoms with van der Waals surface area (Å²) in [4.78, 5) is 10.8. The minimum absolute atomic E-state index is 0.237. The molecule has 0 aliphatic carbocycles. The normalized spacial score (nSPS) is 10.6. The molecular formula is C8H13N3O. The van der Waals surface area contributed by atoms with Crippen LogP contribution in [0.25, 0.3) is 0 Å². The minimum Gasteiger partial charge on any atom is -0.394 e. The van der Waals surface area contributed by atoms with Crippen molar-refractivity contribution in [1.82, 2.24) is 10.2 Å². The number of nitrogen functional groups attached to an aromatic ring is 1. The van der Waals surface area contributed by atoms with E-state index in [4.69, 9.17) is 5.73 Å². The van der Waals surface area contributed by atoms with E-state index in [2.05, 4.69) is 24.0 Å². The summed E-state index contributed by atoms with van der Waals surface area (Å²) in [5.74, 6) is 0.516. The van der Waals surface area contributed by atoms with Crippen LogP contribution in [0.2, 0.25) is 0 Å². The Morgan fingerprint density at radius 3 is 2.83 bits per heavy atom. The molecule has 0 saturated heterocycles. The molecule has 3 N–H and O–H groups in total. The smallest absolute Gasteiger partial charge is 0.287 e.